The summed E-state index contributed by atoms with van der Waals surface area (Å²) in [6.45, 7) is 2.34. The minimum atomic E-state index is -0.866. The lowest BCUT2D eigenvalue weighted by molar-refractivity contribution is -0.120. The molecule has 0 saturated heterocycles. The van der Waals surface area contributed by atoms with E-state index in [1.54, 1.807) is 14.0 Å². The fourth-order valence-electron chi connectivity index (χ4n) is 2.19. The van der Waals surface area contributed by atoms with E-state index < -0.39 is 11.6 Å². The average molecular weight is 365 g/mol. The zero-order valence-corrected chi connectivity index (χ0v) is 15.0. The standard InChI is InChI=1S/C19H21F2NO2S/c1-13(25-12-15-5-8-17(20)18(21)11-15)19(23)22-10-9-14-3-6-16(24-2)7-4-14/h3-8,11,13H,9-10,12H2,1-2H3,(H,22,23). The fraction of sp³-hybridized carbons (Fsp3) is 0.316. The molecule has 134 valence electrons. The number of hydrogen-bond donors (Lipinski definition) is 1. The van der Waals surface area contributed by atoms with Crippen LogP contribution in [-0.4, -0.2) is 24.8 Å². The topological polar surface area (TPSA) is 38.3 Å². The van der Waals surface area contributed by atoms with Gasteiger partial charge in [-0.2, -0.15) is 0 Å². The molecule has 0 saturated carbocycles. The number of halogens is 2. The van der Waals surface area contributed by atoms with Crippen LogP contribution in [0.5, 0.6) is 5.75 Å². The van der Waals surface area contributed by atoms with E-state index in [-0.39, 0.29) is 11.2 Å². The summed E-state index contributed by atoms with van der Waals surface area (Å²) in [5.74, 6) is -0.548. The van der Waals surface area contributed by atoms with Crippen LogP contribution < -0.4 is 10.1 Å². The maximum absolute atomic E-state index is 13.2. The maximum atomic E-state index is 13.2. The second kappa shape index (κ2) is 9.42. The van der Waals surface area contributed by atoms with E-state index in [9.17, 15) is 13.6 Å². The van der Waals surface area contributed by atoms with Crippen molar-refractivity contribution in [3.05, 3.63) is 65.2 Å². The summed E-state index contributed by atoms with van der Waals surface area (Å²) in [6.07, 6.45) is 0.732. The van der Waals surface area contributed by atoms with Gasteiger partial charge in [-0.15, -0.1) is 11.8 Å². The number of nitrogens with one attached hydrogen (secondary N) is 1. The molecule has 0 aliphatic rings. The van der Waals surface area contributed by atoms with Gasteiger partial charge in [0.15, 0.2) is 11.6 Å². The van der Waals surface area contributed by atoms with Crippen LogP contribution >= 0.6 is 11.8 Å². The molecule has 3 nitrogen and oxygen atoms in total. The van der Waals surface area contributed by atoms with E-state index in [0.29, 0.717) is 17.9 Å². The molecule has 6 heteroatoms. The van der Waals surface area contributed by atoms with Crippen LogP contribution in [0.3, 0.4) is 0 Å². The van der Waals surface area contributed by atoms with Gasteiger partial charge in [-0.25, -0.2) is 8.78 Å². The van der Waals surface area contributed by atoms with Crippen molar-refractivity contribution < 1.29 is 18.3 Å². The predicted molar refractivity (Wildman–Crippen MR) is 96.8 cm³/mol. The van der Waals surface area contributed by atoms with Gasteiger partial charge in [-0.05, 0) is 48.7 Å². The lowest BCUT2D eigenvalue weighted by Gasteiger charge is -2.12. The van der Waals surface area contributed by atoms with E-state index in [1.165, 1.54) is 17.8 Å². The van der Waals surface area contributed by atoms with Gasteiger partial charge in [0.25, 0.3) is 0 Å². The molecule has 1 amide bonds. The fourth-order valence-corrected chi connectivity index (χ4v) is 3.05. The van der Waals surface area contributed by atoms with Crippen LogP contribution in [0, 0.1) is 11.6 Å². The number of rotatable bonds is 8. The average Bonchev–Trinajstić information content (AvgIpc) is 2.62. The molecule has 0 radical (unpaired) electrons. The molecular formula is C19H21F2NO2S. The van der Waals surface area contributed by atoms with Crippen molar-refractivity contribution in [1.29, 1.82) is 0 Å². The SMILES string of the molecule is COc1ccc(CCNC(=O)C(C)SCc2ccc(F)c(F)c2)cc1. The van der Waals surface area contributed by atoms with Crippen molar-refractivity contribution in [2.75, 3.05) is 13.7 Å². The summed E-state index contributed by atoms with van der Waals surface area (Å²) in [7, 11) is 1.62. The molecule has 2 aromatic carbocycles. The van der Waals surface area contributed by atoms with Crippen LogP contribution in [0.1, 0.15) is 18.1 Å². The minimum Gasteiger partial charge on any atom is -0.497 e. The van der Waals surface area contributed by atoms with Crippen LogP contribution in [0.25, 0.3) is 0 Å². The summed E-state index contributed by atoms with van der Waals surface area (Å²) in [6, 6.07) is 11.5. The lowest BCUT2D eigenvalue weighted by Crippen LogP contribution is -2.32. The molecule has 0 spiro atoms. The number of carbonyl (C=O) groups excluding carboxylic acids is 1. The second-order valence-electron chi connectivity index (χ2n) is 5.59. The van der Waals surface area contributed by atoms with Gasteiger partial charge in [0, 0.05) is 12.3 Å². The Morgan fingerprint density at radius 2 is 1.80 bits per heavy atom. The lowest BCUT2D eigenvalue weighted by atomic mass is 10.1. The molecule has 0 aliphatic carbocycles. The highest BCUT2D eigenvalue weighted by molar-refractivity contribution is 7.99. The highest BCUT2D eigenvalue weighted by atomic mass is 32.2. The number of amides is 1. The van der Waals surface area contributed by atoms with Gasteiger partial charge >= 0.3 is 0 Å². The molecule has 0 heterocycles. The van der Waals surface area contributed by atoms with Crippen LogP contribution in [0.15, 0.2) is 42.5 Å². The van der Waals surface area contributed by atoms with E-state index in [4.69, 9.17) is 4.74 Å². The summed E-state index contributed by atoms with van der Waals surface area (Å²) >= 11 is 1.39. The quantitative estimate of drug-likeness (QED) is 0.770. The van der Waals surface area contributed by atoms with Crippen LogP contribution in [0.4, 0.5) is 8.78 Å². The third-order valence-corrected chi connectivity index (χ3v) is 4.94. The molecule has 0 fully saturated rings. The summed E-state index contributed by atoms with van der Waals surface area (Å²) < 4.78 is 31.2. The highest BCUT2D eigenvalue weighted by Crippen LogP contribution is 2.19. The normalized spacial score (nSPS) is 11.8. The van der Waals surface area contributed by atoms with Gasteiger partial charge in [-0.3, -0.25) is 4.79 Å². The molecule has 2 aromatic rings. The molecule has 0 aliphatic heterocycles. The number of thioether (sulfide) groups is 1. The molecular weight excluding hydrogens is 344 g/mol. The van der Waals surface area contributed by atoms with Gasteiger partial charge < -0.3 is 10.1 Å². The largest absolute Gasteiger partial charge is 0.497 e. The van der Waals surface area contributed by atoms with Crippen molar-refractivity contribution >= 4 is 17.7 Å². The van der Waals surface area contributed by atoms with Crippen molar-refractivity contribution in [3.63, 3.8) is 0 Å². The van der Waals surface area contributed by atoms with Gasteiger partial charge in [-0.1, -0.05) is 18.2 Å². The first-order chi connectivity index (χ1) is 12.0. The first-order valence-electron chi connectivity index (χ1n) is 7.95. The Bertz CT molecular complexity index is 707. The Morgan fingerprint density at radius 3 is 2.44 bits per heavy atom. The number of methoxy groups -OCH3 is 1. The smallest absolute Gasteiger partial charge is 0.232 e. The predicted octanol–water partition coefficient (Wildman–Crippen LogP) is 3.95. The summed E-state index contributed by atoms with van der Waals surface area (Å²) in [4.78, 5) is 12.1. The third kappa shape index (κ3) is 6.05. The summed E-state index contributed by atoms with van der Waals surface area (Å²) in [5, 5.41) is 2.62. The van der Waals surface area contributed by atoms with Gasteiger partial charge in [0.05, 0.1) is 12.4 Å². The molecule has 0 aromatic heterocycles. The van der Waals surface area contributed by atoms with E-state index >= 15 is 0 Å². The van der Waals surface area contributed by atoms with Crippen molar-refractivity contribution in [1.82, 2.24) is 5.32 Å². The monoisotopic (exact) mass is 365 g/mol. The van der Waals surface area contributed by atoms with Crippen molar-refractivity contribution in [3.8, 4) is 5.75 Å². The molecule has 2 rings (SSSR count). The second-order valence-corrected chi connectivity index (χ2v) is 6.92. The van der Waals surface area contributed by atoms with Crippen LogP contribution in [0.2, 0.25) is 0 Å². The Hall–Kier alpha value is -2.08. The first-order valence-corrected chi connectivity index (χ1v) is 9.00. The zero-order chi connectivity index (χ0) is 18.2. The van der Waals surface area contributed by atoms with Crippen molar-refractivity contribution in [2.24, 2.45) is 0 Å². The van der Waals surface area contributed by atoms with Crippen molar-refractivity contribution in [2.45, 2.75) is 24.3 Å². The minimum absolute atomic E-state index is 0.0684. The van der Waals surface area contributed by atoms with Gasteiger partial charge in [0.2, 0.25) is 5.91 Å². The third-order valence-electron chi connectivity index (χ3n) is 3.73. The Labute approximate surface area is 150 Å². The molecule has 1 unspecified atom stereocenters. The van der Waals surface area contributed by atoms with E-state index in [1.807, 2.05) is 24.3 Å². The number of benzene rings is 2. The number of carbonyl (C=O) groups is 1. The Kier molecular flexibility index (Phi) is 7.25. The van der Waals surface area contributed by atoms with E-state index in [2.05, 4.69) is 5.32 Å². The zero-order valence-electron chi connectivity index (χ0n) is 14.2. The maximum Gasteiger partial charge on any atom is 0.232 e. The molecule has 0 bridgehead atoms. The Balaban J connectivity index is 1.72. The first kappa shape index (κ1) is 19.2. The van der Waals surface area contributed by atoms with Gasteiger partial charge in [0.1, 0.15) is 5.75 Å². The number of hydrogen-bond acceptors (Lipinski definition) is 3. The molecule has 1 atom stereocenters. The highest BCUT2D eigenvalue weighted by Gasteiger charge is 2.13. The molecule has 1 N–H and O–H groups in total. The van der Waals surface area contributed by atoms with E-state index in [0.717, 1.165) is 29.9 Å². The molecule has 25 heavy (non-hydrogen) atoms. The van der Waals surface area contributed by atoms with Crippen LogP contribution in [-0.2, 0) is 17.0 Å². The number of ether oxygens (including phenoxy) is 1. The Morgan fingerprint density at radius 1 is 1.12 bits per heavy atom. The summed E-state index contributed by atoms with van der Waals surface area (Å²) in [5.41, 5.74) is 1.77.